The molecule has 31 heavy (non-hydrogen) atoms. The number of hydrogen-bond acceptors (Lipinski definition) is 8. The molecule has 0 aliphatic carbocycles. The maximum absolute atomic E-state index is 13.4. The van der Waals surface area contributed by atoms with Crippen LogP contribution in [0.3, 0.4) is 0 Å². The van der Waals surface area contributed by atoms with Gasteiger partial charge in [-0.3, -0.25) is 14.8 Å². The van der Waals surface area contributed by atoms with Gasteiger partial charge in [0.1, 0.15) is 5.69 Å². The van der Waals surface area contributed by atoms with Crippen LogP contribution in [-0.4, -0.2) is 47.5 Å². The number of nitrogens with zero attached hydrogens (tertiary/aromatic N) is 6. The molecule has 2 aliphatic rings. The van der Waals surface area contributed by atoms with Crippen LogP contribution in [0.25, 0.3) is 10.7 Å². The highest BCUT2D eigenvalue weighted by Gasteiger charge is 2.34. The minimum Gasteiger partial charge on any atom is -0.348 e. The van der Waals surface area contributed by atoms with E-state index in [-0.39, 0.29) is 11.9 Å². The molecule has 156 valence electrons. The van der Waals surface area contributed by atoms with Gasteiger partial charge in [-0.25, -0.2) is 10.8 Å². The predicted octanol–water partition coefficient (Wildman–Crippen LogP) is 2.60. The number of fused-ring (bicyclic) bond motifs is 1. The largest absolute Gasteiger partial charge is 0.348 e. The van der Waals surface area contributed by atoms with Gasteiger partial charge in [0.2, 0.25) is 5.01 Å². The number of H-pyrrole nitrogens is 1. The molecule has 0 saturated carbocycles. The number of allylic oxidation sites excluding steroid dienone is 3. The molecule has 3 aromatic rings. The van der Waals surface area contributed by atoms with Gasteiger partial charge in [0, 0.05) is 31.1 Å². The average Bonchev–Trinajstić information content (AvgIpc) is 3.48. The van der Waals surface area contributed by atoms with Crippen LogP contribution < -0.4 is 5.84 Å². The second kappa shape index (κ2) is 8.25. The third-order valence-corrected chi connectivity index (χ3v) is 6.21. The fraction of sp³-hybridized carbons (Fsp3) is 0.190. The summed E-state index contributed by atoms with van der Waals surface area (Å²) in [6, 6.07) is 5.36. The van der Waals surface area contributed by atoms with Crippen molar-refractivity contribution in [3.63, 3.8) is 0 Å². The lowest BCUT2D eigenvalue weighted by molar-refractivity contribution is 0.0656. The summed E-state index contributed by atoms with van der Waals surface area (Å²) < 4.78 is 0. The highest BCUT2D eigenvalue weighted by Crippen LogP contribution is 2.33. The molecule has 0 radical (unpaired) electrons. The van der Waals surface area contributed by atoms with E-state index in [1.807, 2.05) is 47.4 Å². The zero-order valence-electron chi connectivity index (χ0n) is 16.5. The van der Waals surface area contributed by atoms with Gasteiger partial charge < -0.3 is 9.88 Å². The van der Waals surface area contributed by atoms with Gasteiger partial charge in [-0.1, -0.05) is 29.6 Å². The monoisotopic (exact) mass is 432 g/mol. The first-order valence-electron chi connectivity index (χ1n) is 9.87. The first kappa shape index (κ1) is 19.3. The zero-order valence-corrected chi connectivity index (χ0v) is 17.4. The summed E-state index contributed by atoms with van der Waals surface area (Å²) in [6.45, 7) is 0.572. The Labute approximate surface area is 182 Å². The van der Waals surface area contributed by atoms with Crippen molar-refractivity contribution in [1.29, 1.82) is 0 Å². The Hall–Kier alpha value is -3.63. The van der Waals surface area contributed by atoms with Gasteiger partial charge in [-0.15, -0.1) is 10.2 Å². The summed E-state index contributed by atoms with van der Waals surface area (Å²) >= 11 is 1.25. The van der Waals surface area contributed by atoms with E-state index in [2.05, 4.69) is 25.1 Å². The van der Waals surface area contributed by atoms with E-state index in [1.54, 1.807) is 23.7 Å². The number of aromatic amines is 1. The number of imidazole rings is 1. The highest BCUT2D eigenvalue weighted by atomic mass is 32.1. The molecule has 1 atom stereocenters. The lowest BCUT2D eigenvalue weighted by Crippen LogP contribution is -2.40. The molecule has 9 nitrogen and oxygen atoms in total. The summed E-state index contributed by atoms with van der Waals surface area (Å²) in [5.74, 6) is 5.86. The maximum Gasteiger partial charge on any atom is 0.285 e. The summed E-state index contributed by atoms with van der Waals surface area (Å²) in [7, 11) is 0. The van der Waals surface area contributed by atoms with Crippen LogP contribution in [0.2, 0.25) is 0 Å². The minimum atomic E-state index is -0.218. The number of rotatable bonds is 4. The summed E-state index contributed by atoms with van der Waals surface area (Å²) in [5, 5.41) is 10.9. The second-order valence-corrected chi connectivity index (χ2v) is 8.11. The van der Waals surface area contributed by atoms with Gasteiger partial charge in [0.15, 0.2) is 5.01 Å². The fourth-order valence-electron chi connectivity index (χ4n) is 3.74. The van der Waals surface area contributed by atoms with E-state index in [0.717, 1.165) is 17.1 Å². The predicted molar refractivity (Wildman–Crippen MR) is 116 cm³/mol. The van der Waals surface area contributed by atoms with Crippen LogP contribution in [0.15, 0.2) is 66.9 Å². The average molecular weight is 433 g/mol. The van der Waals surface area contributed by atoms with Crippen molar-refractivity contribution in [2.45, 2.75) is 18.9 Å². The molecule has 0 aromatic carbocycles. The number of aromatic nitrogens is 5. The zero-order chi connectivity index (χ0) is 21.2. The van der Waals surface area contributed by atoms with Crippen LogP contribution in [0.4, 0.5) is 0 Å². The molecule has 0 spiro atoms. The molecular weight excluding hydrogens is 412 g/mol. The Morgan fingerprint density at radius 2 is 2.23 bits per heavy atom. The lowest BCUT2D eigenvalue weighted by Gasteiger charge is -2.34. The van der Waals surface area contributed by atoms with Crippen molar-refractivity contribution in [3.05, 3.63) is 83.3 Å². The number of amides is 1. The van der Waals surface area contributed by atoms with E-state index in [9.17, 15) is 4.79 Å². The number of hydrazine groups is 1. The fourth-order valence-corrected chi connectivity index (χ4v) is 4.51. The van der Waals surface area contributed by atoms with Crippen LogP contribution >= 0.6 is 11.3 Å². The molecule has 3 N–H and O–H groups in total. The van der Waals surface area contributed by atoms with E-state index < -0.39 is 0 Å². The van der Waals surface area contributed by atoms with E-state index in [0.29, 0.717) is 35.1 Å². The van der Waals surface area contributed by atoms with Crippen LogP contribution in [0, 0.1) is 0 Å². The van der Waals surface area contributed by atoms with E-state index in [4.69, 9.17) is 5.84 Å². The first-order valence-corrected chi connectivity index (χ1v) is 10.7. The van der Waals surface area contributed by atoms with Crippen molar-refractivity contribution >= 4 is 17.2 Å². The molecule has 1 amide bonds. The van der Waals surface area contributed by atoms with Gasteiger partial charge in [0.05, 0.1) is 23.8 Å². The topological polar surface area (TPSA) is 117 Å². The third-order valence-electron chi connectivity index (χ3n) is 5.27. The molecule has 0 unspecified atom stereocenters. The first-order chi connectivity index (χ1) is 15.2. The smallest absolute Gasteiger partial charge is 0.285 e. The number of carbonyl (C=O) groups excluding carboxylic acids is 1. The summed E-state index contributed by atoms with van der Waals surface area (Å²) in [4.78, 5) is 27.2. The molecule has 10 heteroatoms. The number of nitrogens with one attached hydrogen (secondary N) is 1. The molecule has 5 rings (SSSR count). The second-order valence-electron chi connectivity index (χ2n) is 7.13. The molecule has 3 aromatic heterocycles. The Bertz CT molecular complexity index is 1180. The van der Waals surface area contributed by atoms with Crippen LogP contribution in [-0.2, 0) is 6.42 Å². The third kappa shape index (κ3) is 3.78. The molecule has 2 aliphatic heterocycles. The van der Waals surface area contributed by atoms with Crippen molar-refractivity contribution in [2.24, 2.45) is 5.84 Å². The molecule has 0 bridgehead atoms. The van der Waals surface area contributed by atoms with E-state index >= 15 is 0 Å². The highest BCUT2D eigenvalue weighted by molar-refractivity contribution is 7.16. The summed E-state index contributed by atoms with van der Waals surface area (Å²) in [6.07, 6.45) is 14.2. The summed E-state index contributed by atoms with van der Waals surface area (Å²) in [5.41, 5.74) is 3.51. The van der Waals surface area contributed by atoms with Crippen molar-refractivity contribution in [3.8, 4) is 10.7 Å². The Morgan fingerprint density at radius 1 is 1.29 bits per heavy atom. The molecule has 5 heterocycles. The quantitative estimate of drug-likeness (QED) is 0.609. The molecule has 0 saturated heterocycles. The van der Waals surface area contributed by atoms with E-state index in [1.165, 1.54) is 11.3 Å². The van der Waals surface area contributed by atoms with Crippen molar-refractivity contribution in [1.82, 2.24) is 35.1 Å². The molecular formula is C21H20N8OS. The Morgan fingerprint density at radius 3 is 3.06 bits per heavy atom. The van der Waals surface area contributed by atoms with Crippen molar-refractivity contribution < 1.29 is 4.79 Å². The number of carbonyl (C=O) groups is 1. The van der Waals surface area contributed by atoms with Crippen LogP contribution in [0.1, 0.15) is 33.7 Å². The number of nitrogens with two attached hydrogens (primary N) is 1. The van der Waals surface area contributed by atoms with Crippen LogP contribution in [0.5, 0.6) is 0 Å². The van der Waals surface area contributed by atoms with Gasteiger partial charge in [0.25, 0.3) is 5.91 Å². The van der Waals surface area contributed by atoms with Gasteiger partial charge >= 0.3 is 0 Å². The minimum absolute atomic E-state index is 0.152. The normalized spacial score (nSPS) is 19.1. The maximum atomic E-state index is 13.4. The SMILES string of the molecule is NN1C=CC=C/C1=C/C[C@H]1c2nc[nH]c2CCN1C(=O)c1nnc(-c2ccccn2)s1. The number of pyridine rings is 1. The van der Waals surface area contributed by atoms with Gasteiger partial charge in [-0.2, -0.15) is 0 Å². The molecule has 0 fully saturated rings. The van der Waals surface area contributed by atoms with Crippen molar-refractivity contribution in [2.75, 3.05) is 6.54 Å². The van der Waals surface area contributed by atoms with Gasteiger partial charge in [-0.05, 0) is 30.7 Å². The Balaban J connectivity index is 1.42. The Kier molecular flexibility index (Phi) is 5.14. The standard InChI is InChI=1S/C21H20N8OS/c22-29-11-4-2-5-14(29)7-8-17-18-15(24-13-25-18)9-12-28(17)21(30)20-27-26-19(31-20)16-6-1-3-10-23-16/h1-7,10-11,13,17H,8-9,12,22H2,(H,24,25)/b14-7-/t17-/m0/s1. The lowest BCUT2D eigenvalue weighted by atomic mass is 9.99. The number of hydrogen-bond donors (Lipinski definition) is 2.